The molecule has 11 atom stereocenters. The van der Waals surface area contributed by atoms with Crippen molar-refractivity contribution in [2.75, 3.05) is 39.9 Å². The van der Waals surface area contributed by atoms with E-state index in [1.54, 1.807) is 48.5 Å². The molecule has 2 aromatic heterocycles. The lowest BCUT2D eigenvalue weighted by molar-refractivity contribution is -0.147. The number of halogens is 3. The Hall–Kier alpha value is -10.6. The Balaban J connectivity index is 1.04. The first-order valence-corrected chi connectivity index (χ1v) is 34.4. The molecule has 31 heteroatoms. The summed E-state index contributed by atoms with van der Waals surface area (Å²) >= 11 is 0. The van der Waals surface area contributed by atoms with E-state index in [2.05, 4.69) is 52.5 Å². The molecule has 11 amide bonds. The van der Waals surface area contributed by atoms with E-state index in [9.17, 15) is 47.9 Å². The zero-order valence-corrected chi connectivity index (χ0v) is 57.7. The van der Waals surface area contributed by atoms with Crippen LogP contribution >= 0.6 is 0 Å². The second-order valence-electron chi connectivity index (χ2n) is 26.6. The largest absolute Gasteiger partial charge is 0.497 e. The Bertz CT molecular complexity index is 4080. The minimum absolute atomic E-state index is 0.00131. The van der Waals surface area contributed by atoms with Crippen LogP contribution in [0, 0.1) is 11.6 Å². The second-order valence-corrected chi connectivity index (χ2v) is 26.6. The van der Waals surface area contributed by atoms with E-state index in [1.165, 1.54) is 74.6 Å². The van der Waals surface area contributed by atoms with Gasteiger partial charge in [0.05, 0.1) is 19.8 Å². The Kier molecular flexibility index (Phi) is 25.9. The van der Waals surface area contributed by atoms with Crippen molar-refractivity contribution >= 4 is 86.8 Å². The van der Waals surface area contributed by atoms with Crippen molar-refractivity contribution in [1.29, 1.82) is 0 Å². The highest BCUT2D eigenvalue weighted by atomic mass is 19.1. The number of nitrogens with two attached hydrogens (primary N) is 2. The van der Waals surface area contributed by atoms with Crippen LogP contribution in [0.25, 0.3) is 21.8 Å². The first-order chi connectivity index (χ1) is 49.2. The molecule has 552 valence electrons. The number of nitrogens with one attached hydrogen (secondary N) is 10. The fraction of sp³-hybridized carbons (Fsp3) is 0.458. The van der Waals surface area contributed by atoms with Gasteiger partial charge in [0.1, 0.15) is 83.2 Å². The summed E-state index contributed by atoms with van der Waals surface area (Å²) in [5, 5.41) is 33.2. The molecule has 0 unspecified atom stereocenters. The number of H-pyrrole nitrogens is 2. The molecule has 0 radical (unpaired) electrons. The second kappa shape index (κ2) is 34.9. The number of methoxy groups -OCH3 is 1. The normalized spacial score (nSPS) is 25.0. The lowest BCUT2D eigenvalue weighted by Crippen LogP contribution is -2.64. The van der Waals surface area contributed by atoms with Crippen molar-refractivity contribution in [2.45, 2.75) is 170 Å². The average molecular weight is 1430 g/mol. The van der Waals surface area contributed by atoms with Crippen molar-refractivity contribution < 1.29 is 80.5 Å². The Morgan fingerprint density at radius 1 is 0.699 bits per heavy atom. The summed E-state index contributed by atoms with van der Waals surface area (Å²) in [5.74, 6) is -10.0. The first-order valence-electron chi connectivity index (χ1n) is 34.4. The van der Waals surface area contributed by atoms with Crippen molar-refractivity contribution in [1.82, 2.24) is 62.3 Å². The van der Waals surface area contributed by atoms with Crippen molar-refractivity contribution in [3.8, 4) is 11.5 Å². The number of primary amides is 1. The summed E-state index contributed by atoms with van der Waals surface area (Å²) in [5.41, 5.74) is 12.5. The van der Waals surface area contributed by atoms with E-state index in [1.807, 2.05) is 0 Å². The summed E-state index contributed by atoms with van der Waals surface area (Å²) in [4.78, 5) is 166. The van der Waals surface area contributed by atoms with Gasteiger partial charge in [-0.25, -0.2) is 13.2 Å². The van der Waals surface area contributed by atoms with E-state index in [4.69, 9.17) is 20.9 Å². The van der Waals surface area contributed by atoms with E-state index in [0.717, 1.165) is 11.8 Å². The predicted molar refractivity (Wildman–Crippen MR) is 370 cm³/mol. The average Bonchev–Trinajstić information content (AvgIpc) is 1.68. The van der Waals surface area contributed by atoms with Crippen LogP contribution in [0.4, 0.5) is 13.2 Å². The molecule has 2 bridgehead atoms. The van der Waals surface area contributed by atoms with Gasteiger partial charge in [0, 0.05) is 85.8 Å². The molecular weight excluding hydrogens is 1340 g/mol. The Morgan fingerprint density at radius 2 is 1.32 bits per heavy atom. The Labute approximate surface area is 591 Å². The number of hydrogen-bond donors (Lipinski definition) is 13. The molecule has 6 aromatic rings. The van der Waals surface area contributed by atoms with Gasteiger partial charge in [0.2, 0.25) is 59.1 Å². The fourth-order valence-electron chi connectivity index (χ4n) is 13.1. The number of aliphatic hydroxyl groups excluding tert-OH is 1. The van der Waals surface area contributed by atoms with Crippen LogP contribution in [-0.2, 0) is 78.4 Å². The number of fused-ring (bicyclic) bond motifs is 33. The van der Waals surface area contributed by atoms with Gasteiger partial charge in [0.15, 0.2) is 6.61 Å². The molecule has 2 fully saturated rings. The van der Waals surface area contributed by atoms with Crippen LogP contribution in [0.5, 0.6) is 11.5 Å². The molecule has 4 aliphatic heterocycles. The maximum Gasteiger partial charge on any atom is 0.257 e. The number of aromatic amines is 2. The molecule has 0 aliphatic carbocycles. The zero-order valence-electron chi connectivity index (χ0n) is 57.7. The highest BCUT2D eigenvalue weighted by Crippen LogP contribution is 2.32. The van der Waals surface area contributed by atoms with E-state index in [-0.39, 0.29) is 87.9 Å². The van der Waals surface area contributed by atoms with Crippen molar-refractivity contribution in [2.24, 2.45) is 11.5 Å². The molecule has 15 N–H and O–H groups in total. The number of nitrogens with zero attached hydrogens (tertiary/aromatic N) is 2. The number of carbonyl (C=O) groups excluding carboxylic acids is 11. The number of alkyl halides is 1. The lowest BCUT2D eigenvalue weighted by atomic mass is 9.94. The van der Waals surface area contributed by atoms with Crippen LogP contribution in [0.15, 0.2) is 97.3 Å². The number of amides is 11. The minimum Gasteiger partial charge on any atom is -0.497 e. The quantitative estimate of drug-likeness (QED) is 0.0577. The van der Waals surface area contributed by atoms with Gasteiger partial charge in [-0.3, -0.25) is 52.7 Å². The smallest absolute Gasteiger partial charge is 0.257 e. The molecule has 0 saturated carbocycles. The third kappa shape index (κ3) is 19.8. The third-order valence-electron chi connectivity index (χ3n) is 18.9. The number of aliphatic hydroxyl groups is 1. The van der Waals surface area contributed by atoms with Crippen molar-refractivity contribution in [3.63, 3.8) is 0 Å². The summed E-state index contributed by atoms with van der Waals surface area (Å²) in [7, 11) is 1.45. The summed E-state index contributed by atoms with van der Waals surface area (Å²) in [6.45, 7) is 3.29. The van der Waals surface area contributed by atoms with Gasteiger partial charge in [-0.05, 0) is 155 Å². The number of carbonyl (C=O) groups is 11. The Morgan fingerprint density at radius 3 is 1.95 bits per heavy atom. The summed E-state index contributed by atoms with van der Waals surface area (Å²) in [6, 6.07) is 7.99. The summed E-state index contributed by atoms with van der Waals surface area (Å²) in [6.07, 6.45) is -0.563. The maximum absolute atomic E-state index is 16.2. The molecule has 2 saturated heterocycles. The van der Waals surface area contributed by atoms with Gasteiger partial charge in [-0.1, -0.05) is 24.3 Å². The number of hydrogen-bond acceptors (Lipinski definition) is 15. The predicted octanol–water partition coefficient (Wildman–Crippen LogP) is 1.61. The standard InChI is InChI=1S/C72H89F3N14O14/c1-39-64(94)83-56(30-43-35-79-52-22-16-45(73)32-50(43)52)66(96)84-58(31-44-36-80-53-23-17-46(74)33-51(44)53)69(99)88-37-47(75)34-59(88)67(97)87-62(40(2)90)68(98)85-57(29-42-12-18-48(102-4)19-13-42)70(100)89-27-9-24-72(89,3)71(101)86-55(63(77)93)28-41-14-20-49(21-15-41)103-38-61(92)78-26-8-6-11-60(91)82-54(65(95)81-39)10-5-7-25-76/h12-23,32-33,35-36,39-40,47,54-59,62,79-80,90H,5-11,24-31,34,37-38,76H2,1-4H3,(H2,77,93)(H,78,92)(H,81,95)(H,82,91)(H,83,94)(H,84,96)(H,85,98)(H,86,101)(H,87,97)/t39-,40-,47+,54+,55+,56+,57+,58+,59+,62+,72+/m1/s1. The molecule has 4 aromatic carbocycles. The fourth-order valence-corrected chi connectivity index (χ4v) is 13.1. The van der Waals surface area contributed by atoms with E-state index in [0.29, 0.717) is 64.5 Å². The van der Waals surface area contributed by atoms with Crippen LogP contribution in [0.2, 0.25) is 0 Å². The van der Waals surface area contributed by atoms with Crippen LogP contribution < -0.4 is 63.5 Å². The topological polar surface area (TPSA) is 413 Å². The van der Waals surface area contributed by atoms with Gasteiger partial charge >= 0.3 is 0 Å². The van der Waals surface area contributed by atoms with Gasteiger partial charge in [-0.15, -0.1) is 0 Å². The number of unbranched alkanes of at least 4 members (excludes halogenated alkanes) is 1. The molecule has 0 spiro atoms. The number of rotatable bonds is 13. The zero-order chi connectivity index (χ0) is 74.2. The van der Waals surface area contributed by atoms with Crippen LogP contribution in [0.3, 0.4) is 0 Å². The first kappa shape index (κ1) is 76.6. The number of aromatic nitrogens is 2. The maximum atomic E-state index is 16.2. The van der Waals surface area contributed by atoms with E-state index >= 15 is 23.2 Å². The monoisotopic (exact) mass is 1430 g/mol. The van der Waals surface area contributed by atoms with Crippen molar-refractivity contribution in [3.05, 3.63) is 131 Å². The minimum atomic E-state index is -1.91. The molecule has 28 nitrogen and oxygen atoms in total. The lowest BCUT2D eigenvalue weighted by Gasteiger charge is -2.37. The third-order valence-corrected chi connectivity index (χ3v) is 18.9. The SMILES string of the molecule is COc1ccc(C[C@@H]2NC(=O)[C@H]([C@@H](C)O)NC(=O)[C@@H]3C[C@H](F)CN3C(=O)[C@H](Cc3c[nH]c4ccc(F)cc34)NC(=O)[C@H](Cc3c[nH]c4ccc(F)cc34)NC(=O)[C@@H](C)NC(=O)[C@H](CCCCN)NC(=O)CCCCNC(=O)COc3ccc(cc3)C[C@@H](C(N)=O)NC(=O)[C@]3(C)CCCN3C2=O)cc1. The number of benzene rings is 4. The van der Waals surface area contributed by atoms with E-state index < -0.39 is 162 Å². The molecular formula is C72H89F3N14O14. The van der Waals surface area contributed by atoms with Gasteiger partial charge in [-0.2, -0.15) is 0 Å². The summed E-state index contributed by atoms with van der Waals surface area (Å²) < 4.78 is 57.1. The highest BCUT2D eigenvalue weighted by molar-refractivity contribution is 6.01. The van der Waals surface area contributed by atoms with Gasteiger partial charge in [0.25, 0.3) is 5.91 Å². The molecule has 10 rings (SSSR count). The van der Waals surface area contributed by atoms with Gasteiger partial charge < -0.3 is 88.3 Å². The molecule has 103 heavy (non-hydrogen) atoms. The van der Waals surface area contributed by atoms with Crippen LogP contribution in [0.1, 0.15) is 101 Å². The molecule has 4 aliphatic rings. The highest BCUT2D eigenvalue weighted by Gasteiger charge is 2.49. The number of ether oxygens (including phenoxy) is 2. The van der Waals surface area contributed by atoms with Crippen LogP contribution in [-0.4, -0.2) is 196 Å². The molecule has 6 heterocycles.